The number of Topliss-reactive ketones (excluding diaryl/α,β-unsaturated/α-hetero) is 1. The van der Waals surface area contributed by atoms with E-state index in [2.05, 4.69) is 4.72 Å². The Bertz CT molecular complexity index is 575. The number of unbranched alkanes of at least 4 members (excludes halogenated alkanes) is 1. The predicted octanol–water partition coefficient (Wildman–Crippen LogP) is 1.58. The molecule has 21 heavy (non-hydrogen) atoms. The van der Waals surface area contributed by atoms with E-state index in [1.54, 1.807) is 25.1 Å². The minimum Gasteiger partial charge on any atom is -0.330 e. The molecule has 1 atom stereocenters. The number of sulfonamides is 1. The fourth-order valence-electron chi connectivity index (χ4n) is 1.98. The van der Waals surface area contributed by atoms with Crippen LogP contribution in [0.2, 0.25) is 0 Å². The molecular weight excluding hydrogens is 312 g/mol. The molecule has 0 radical (unpaired) electrons. The Kier molecular flexibility index (Phi) is 7.31. The first kappa shape index (κ1) is 18.1. The van der Waals surface area contributed by atoms with Gasteiger partial charge in [0.25, 0.3) is 0 Å². The summed E-state index contributed by atoms with van der Waals surface area (Å²) in [6, 6.07) is 5.82. The van der Waals surface area contributed by atoms with Crippen molar-refractivity contribution in [3.05, 3.63) is 29.8 Å². The van der Waals surface area contributed by atoms with E-state index in [4.69, 9.17) is 17.3 Å². The van der Waals surface area contributed by atoms with Gasteiger partial charge in [-0.15, -0.1) is 11.6 Å². The summed E-state index contributed by atoms with van der Waals surface area (Å²) in [6.45, 7) is 2.22. The molecule has 0 fully saturated rings. The normalized spacial score (nSPS) is 13.1. The van der Waals surface area contributed by atoms with Crippen LogP contribution in [0.15, 0.2) is 29.2 Å². The van der Waals surface area contributed by atoms with Gasteiger partial charge in [-0.1, -0.05) is 24.6 Å². The standard InChI is InChI=1S/C14H21ClN2O3S/c1-11-6-2-3-8-14(11)21(19,20)17-12(13(18)10-15)7-4-5-9-16/h2-3,6,8,12,17H,4-5,7,9-10,16H2,1H3. The van der Waals surface area contributed by atoms with Crippen molar-refractivity contribution >= 4 is 27.4 Å². The summed E-state index contributed by atoms with van der Waals surface area (Å²) in [5.41, 5.74) is 6.04. The summed E-state index contributed by atoms with van der Waals surface area (Å²) >= 11 is 5.56. The van der Waals surface area contributed by atoms with Crippen molar-refractivity contribution in [3.63, 3.8) is 0 Å². The number of hydrogen-bond donors (Lipinski definition) is 2. The van der Waals surface area contributed by atoms with Crippen LogP contribution < -0.4 is 10.5 Å². The summed E-state index contributed by atoms with van der Waals surface area (Å²) in [4.78, 5) is 12.0. The third-order valence-electron chi connectivity index (χ3n) is 3.15. The van der Waals surface area contributed by atoms with Gasteiger partial charge in [0.2, 0.25) is 10.0 Å². The summed E-state index contributed by atoms with van der Waals surface area (Å²) in [5, 5.41) is 0. The van der Waals surface area contributed by atoms with Crippen LogP contribution in [0.25, 0.3) is 0 Å². The zero-order chi connectivity index (χ0) is 15.9. The summed E-state index contributed by atoms with van der Waals surface area (Å²) in [7, 11) is -3.74. The molecule has 0 aromatic heterocycles. The zero-order valence-corrected chi connectivity index (χ0v) is 13.6. The molecule has 0 saturated carbocycles. The molecule has 5 nitrogen and oxygen atoms in total. The first-order chi connectivity index (χ1) is 9.92. The molecule has 0 bridgehead atoms. The maximum atomic E-state index is 12.4. The Hall–Kier alpha value is -0.950. The van der Waals surface area contributed by atoms with Crippen LogP contribution in [0, 0.1) is 6.92 Å². The average molecular weight is 333 g/mol. The highest BCUT2D eigenvalue weighted by Gasteiger charge is 2.25. The molecule has 0 heterocycles. The van der Waals surface area contributed by atoms with Gasteiger partial charge in [0, 0.05) is 0 Å². The highest BCUT2D eigenvalue weighted by Crippen LogP contribution is 2.15. The fourth-order valence-corrected chi connectivity index (χ4v) is 3.67. The van der Waals surface area contributed by atoms with Gasteiger partial charge in [-0.3, -0.25) is 4.79 Å². The molecule has 1 aromatic carbocycles. The monoisotopic (exact) mass is 332 g/mol. The molecule has 0 aliphatic carbocycles. The number of rotatable bonds is 9. The van der Waals surface area contributed by atoms with E-state index >= 15 is 0 Å². The molecule has 1 rings (SSSR count). The van der Waals surface area contributed by atoms with E-state index < -0.39 is 16.1 Å². The lowest BCUT2D eigenvalue weighted by Crippen LogP contribution is -2.41. The lowest BCUT2D eigenvalue weighted by molar-refractivity contribution is -0.118. The summed E-state index contributed by atoms with van der Waals surface area (Å²) < 4.78 is 27.2. The first-order valence-corrected chi connectivity index (χ1v) is 8.81. The van der Waals surface area contributed by atoms with E-state index in [1.165, 1.54) is 6.07 Å². The Balaban J connectivity index is 2.91. The van der Waals surface area contributed by atoms with Crippen molar-refractivity contribution in [3.8, 4) is 0 Å². The Morgan fingerprint density at radius 2 is 2.00 bits per heavy atom. The smallest absolute Gasteiger partial charge is 0.241 e. The molecule has 118 valence electrons. The topological polar surface area (TPSA) is 89.3 Å². The maximum absolute atomic E-state index is 12.4. The van der Waals surface area contributed by atoms with Crippen molar-refractivity contribution in [2.45, 2.75) is 37.1 Å². The van der Waals surface area contributed by atoms with Crippen molar-refractivity contribution < 1.29 is 13.2 Å². The number of carbonyl (C=O) groups excluding carboxylic acids is 1. The molecule has 0 aliphatic heterocycles. The van der Waals surface area contributed by atoms with Crippen molar-refractivity contribution in [2.75, 3.05) is 12.4 Å². The number of halogens is 1. The van der Waals surface area contributed by atoms with E-state index in [-0.39, 0.29) is 16.6 Å². The number of ketones is 1. The zero-order valence-electron chi connectivity index (χ0n) is 12.0. The Labute approximate surface area is 130 Å². The molecule has 0 aliphatic rings. The lowest BCUT2D eigenvalue weighted by Gasteiger charge is -2.17. The summed E-state index contributed by atoms with van der Waals surface area (Å²) in [6.07, 6.45) is 1.80. The second kappa shape index (κ2) is 8.48. The number of hydrogen-bond acceptors (Lipinski definition) is 4. The largest absolute Gasteiger partial charge is 0.330 e. The van der Waals surface area contributed by atoms with E-state index in [0.29, 0.717) is 24.9 Å². The average Bonchev–Trinajstić information content (AvgIpc) is 2.45. The van der Waals surface area contributed by atoms with E-state index in [9.17, 15) is 13.2 Å². The minimum absolute atomic E-state index is 0.177. The number of alkyl halides is 1. The molecule has 0 amide bonds. The van der Waals surface area contributed by atoms with Crippen molar-refractivity contribution in [1.82, 2.24) is 4.72 Å². The van der Waals surface area contributed by atoms with Gasteiger partial charge in [0.05, 0.1) is 16.8 Å². The predicted molar refractivity (Wildman–Crippen MR) is 83.9 cm³/mol. The van der Waals surface area contributed by atoms with Crippen LogP contribution >= 0.6 is 11.6 Å². The number of aryl methyl sites for hydroxylation is 1. The van der Waals surface area contributed by atoms with Gasteiger partial charge in [0.1, 0.15) is 0 Å². The number of nitrogens with one attached hydrogen (secondary N) is 1. The van der Waals surface area contributed by atoms with Gasteiger partial charge in [0.15, 0.2) is 5.78 Å². The minimum atomic E-state index is -3.74. The molecule has 7 heteroatoms. The van der Waals surface area contributed by atoms with Crippen LogP contribution in [0.5, 0.6) is 0 Å². The van der Waals surface area contributed by atoms with Crippen molar-refractivity contribution in [1.29, 1.82) is 0 Å². The molecule has 3 N–H and O–H groups in total. The SMILES string of the molecule is Cc1ccccc1S(=O)(=O)NC(CCCCN)C(=O)CCl. The molecular formula is C14H21ClN2O3S. The number of nitrogens with two attached hydrogens (primary N) is 1. The van der Waals surface area contributed by atoms with Gasteiger partial charge in [-0.2, -0.15) is 0 Å². The number of benzene rings is 1. The maximum Gasteiger partial charge on any atom is 0.241 e. The van der Waals surface area contributed by atoms with Gasteiger partial charge in [-0.05, 0) is 37.9 Å². The quantitative estimate of drug-likeness (QED) is 0.530. The second-order valence-corrected chi connectivity index (χ2v) is 6.77. The van der Waals surface area contributed by atoms with Gasteiger partial charge < -0.3 is 5.73 Å². The molecule has 0 spiro atoms. The van der Waals surface area contributed by atoms with Crippen LogP contribution in [-0.4, -0.2) is 32.7 Å². The van der Waals surface area contributed by atoms with E-state index in [1.807, 2.05) is 0 Å². The lowest BCUT2D eigenvalue weighted by atomic mass is 10.1. The molecule has 1 unspecified atom stereocenters. The first-order valence-electron chi connectivity index (χ1n) is 6.79. The third-order valence-corrected chi connectivity index (χ3v) is 5.04. The fraction of sp³-hybridized carbons (Fsp3) is 0.500. The third kappa shape index (κ3) is 5.39. The second-order valence-electron chi connectivity index (χ2n) is 4.82. The molecule has 0 saturated heterocycles. The van der Waals surface area contributed by atoms with Gasteiger partial charge >= 0.3 is 0 Å². The highest BCUT2D eigenvalue weighted by atomic mass is 35.5. The van der Waals surface area contributed by atoms with E-state index in [0.717, 1.165) is 6.42 Å². The van der Waals surface area contributed by atoms with Crippen molar-refractivity contribution in [2.24, 2.45) is 5.73 Å². The van der Waals surface area contributed by atoms with Gasteiger partial charge in [-0.25, -0.2) is 13.1 Å². The van der Waals surface area contributed by atoms with Crippen LogP contribution in [0.3, 0.4) is 0 Å². The van der Waals surface area contributed by atoms with Crippen LogP contribution in [0.1, 0.15) is 24.8 Å². The van der Waals surface area contributed by atoms with Crippen LogP contribution in [-0.2, 0) is 14.8 Å². The molecule has 1 aromatic rings. The number of carbonyl (C=O) groups is 1. The Morgan fingerprint density at radius 3 is 2.57 bits per heavy atom. The Morgan fingerprint density at radius 1 is 1.33 bits per heavy atom. The highest BCUT2D eigenvalue weighted by molar-refractivity contribution is 7.89. The van der Waals surface area contributed by atoms with Crippen LogP contribution in [0.4, 0.5) is 0 Å². The summed E-state index contributed by atoms with van der Waals surface area (Å²) in [5.74, 6) is -0.547.